The number of aliphatic imine (C=N–C) groups is 1. The smallest absolute Gasteiger partial charge is 0.0658 e. The summed E-state index contributed by atoms with van der Waals surface area (Å²) in [5.41, 5.74) is 5.89. The van der Waals surface area contributed by atoms with Crippen molar-refractivity contribution in [1.82, 2.24) is 0 Å². The number of nitrogens with zero attached hydrogens (tertiary/aromatic N) is 1. The third kappa shape index (κ3) is 4.19. The Morgan fingerprint density at radius 2 is 2.10 bits per heavy atom. The number of benzene rings is 1. The molecule has 1 aromatic rings. The van der Waals surface area contributed by atoms with Crippen LogP contribution in [0.15, 0.2) is 41.9 Å². The van der Waals surface area contributed by atoms with Gasteiger partial charge in [0.25, 0.3) is 0 Å². The Balaban J connectivity index is 3.05. The number of aryl methyl sites for hydroxylation is 1. The third-order valence-corrected chi connectivity index (χ3v) is 3.79. The highest BCUT2D eigenvalue weighted by molar-refractivity contribution is 5.87. The van der Waals surface area contributed by atoms with Crippen molar-refractivity contribution < 1.29 is 0 Å². The van der Waals surface area contributed by atoms with Gasteiger partial charge in [0.05, 0.1) is 5.69 Å². The summed E-state index contributed by atoms with van der Waals surface area (Å²) < 4.78 is 0. The van der Waals surface area contributed by atoms with Crippen molar-refractivity contribution in [2.75, 3.05) is 0 Å². The fourth-order valence-electron chi connectivity index (χ4n) is 2.30. The molecule has 0 aliphatic heterocycles. The van der Waals surface area contributed by atoms with E-state index in [1.54, 1.807) is 0 Å². The lowest BCUT2D eigenvalue weighted by molar-refractivity contribution is 0.664. The van der Waals surface area contributed by atoms with Crippen LogP contribution in [0.2, 0.25) is 0 Å². The quantitative estimate of drug-likeness (QED) is 0.436. The van der Waals surface area contributed by atoms with Gasteiger partial charge in [0.1, 0.15) is 0 Å². The topological polar surface area (TPSA) is 12.4 Å². The molecule has 0 N–H and O–H groups in total. The molecular formula is C19H27N. The molecular weight excluding hydrogens is 242 g/mol. The van der Waals surface area contributed by atoms with Crippen LogP contribution in [0.3, 0.4) is 0 Å². The molecule has 108 valence electrons. The first-order valence-corrected chi connectivity index (χ1v) is 7.48. The van der Waals surface area contributed by atoms with Crippen LogP contribution in [0.4, 0.5) is 5.69 Å². The highest BCUT2D eigenvalue weighted by Crippen LogP contribution is 2.25. The predicted octanol–water partition coefficient (Wildman–Crippen LogP) is 6.11. The van der Waals surface area contributed by atoms with Crippen molar-refractivity contribution in [3.8, 4) is 0 Å². The number of hydrogen-bond acceptors (Lipinski definition) is 1. The van der Waals surface area contributed by atoms with Crippen LogP contribution < -0.4 is 0 Å². The van der Waals surface area contributed by atoms with Gasteiger partial charge in [-0.2, -0.15) is 0 Å². The summed E-state index contributed by atoms with van der Waals surface area (Å²) in [6.07, 6.45) is 6.38. The number of allylic oxidation sites excluding steroid dienone is 3. The van der Waals surface area contributed by atoms with Gasteiger partial charge < -0.3 is 0 Å². The van der Waals surface area contributed by atoms with Crippen molar-refractivity contribution in [2.24, 2.45) is 10.9 Å². The van der Waals surface area contributed by atoms with Crippen LogP contribution in [-0.4, -0.2) is 5.71 Å². The van der Waals surface area contributed by atoms with E-state index >= 15 is 0 Å². The third-order valence-electron chi connectivity index (χ3n) is 3.79. The van der Waals surface area contributed by atoms with Crippen LogP contribution in [0.5, 0.6) is 0 Å². The van der Waals surface area contributed by atoms with Crippen LogP contribution in [0.25, 0.3) is 5.57 Å². The minimum atomic E-state index is 0.554. The Bertz CT molecular complexity index is 521. The van der Waals surface area contributed by atoms with Gasteiger partial charge in [0.15, 0.2) is 0 Å². The Labute approximate surface area is 124 Å². The minimum absolute atomic E-state index is 0.554. The van der Waals surface area contributed by atoms with E-state index in [1.165, 1.54) is 35.3 Å². The zero-order valence-corrected chi connectivity index (χ0v) is 13.5. The molecule has 0 heterocycles. The summed E-state index contributed by atoms with van der Waals surface area (Å²) >= 11 is 0. The first-order chi connectivity index (χ1) is 9.53. The Kier molecular flexibility index (Phi) is 6.44. The van der Waals surface area contributed by atoms with Crippen molar-refractivity contribution >= 4 is 17.0 Å². The number of hydrogen-bond donors (Lipinski definition) is 0. The first-order valence-electron chi connectivity index (χ1n) is 7.48. The average Bonchev–Trinajstić information content (AvgIpc) is 2.43. The fraction of sp³-hybridized carbons (Fsp3) is 0.421. The molecule has 0 saturated heterocycles. The van der Waals surface area contributed by atoms with Crippen LogP contribution >= 0.6 is 0 Å². The van der Waals surface area contributed by atoms with Crippen LogP contribution in [0, 0.1) is 12.8 Å². The van der Waals surface area contributed by atoms with Gasteiger partial charge in [-0.15, -0.1) is 0 Å². The Morgan fingerprint density at radius 3 is 2.60 bits per heavy atom. The zero-order valence-electron chi connectivity index (χ0n) is 13.5. The van der Waals surface area contributed by atoms with E-state index < -0.39 is 0 Å². The molecule has 0 radical (unpaired) electrons. The highest BCUT2D eigenvalue weighted by atomic mass is 14.7. The van der Waals surface area contributed by atoms with E-state index in [-0.39, 0.29) is 0 Å². The van der Waals surface area contributed by atoms with E-state index in [0.717, 1.165) is 5.69 Å². The molecule has 1 unspecified atom stereocenters. The first kappa shape index (κ1) is 16.4. The van der Waals surface area contributed by atoms with Crippen LogP contribution in [-0.2, 0) is 0 Å². The van der Waals surface area contributed by atoms with Crippen molar-refractivity contribution in [1.29, 1.82) is 0 Å². The molecule has 0 bridgehead atoms. The molecule has 1 aromatic carbocycles. The van der Waals surface area contributed by atoms with E-state index in [0.29, 0.717) is 5.92 Å². The van der Waals surface area contributed by atoms with Crippen LogP contribution in [0.1, 0.15) is 51.7 Å². The van der Waals surface area contributed by atoms with Gasteiger partial charge in [-0.1, -0.05) is 45.1 Å². The number of rotatable bonds is 6. The summed E-state index contributed by atoms with van der Waals surface area (Å²) in [4.78, 5) is 4.80. The van der Waals surface area contributed by atoms with Crippen molar-refractivity contribution in [2.45, 2.75) is 47.5 Å². The molecule has 1 nitrogen and oxygen atoms in total. The molecule has 1 atom stereocenters. The predicted molar refractivity (Wildman–Crippen MR) is 91.9 cm³/mol. The normalized spacial score (nSPS) is 14.2. The minimum Gasteiger partial charge on any atom is -0.258 e. The largest absolute Gasteiger partial charge is 0.258 e. The van der Waals surface area contributed by atoms with E-state index in [1.807, 2.05) is 13.0 Å². The lowest BCUT2D eigenvalue weighted by Crippen LogP contribution is -2.05. The molecule has 0 saturated carbocycles. The lowest BCUT2D eigenvalue weighted by Gasteiger charge is -2.11. The Morgan fingerprint density at radius 1 is 1.40 bits per heavy atom. The van der Waals surface area contributed by atoms with Crippen molar-refractivity contribution in [3.63, 3.8) is 0 Å². The SMILES string of the molecule is C=C/C(=C\C)c1ccc(/N=C(\C)C(C)CCC)c(C)c1. The highest BCUT2D eigenvalue weighted by Gasteiger charge is 2.06. The van der Waals surface area contributed by atoms with Crippen molar-refractivity contribution in [3.05, 3.63) is 48.1 Å². The van der Waals surface area contributed by atoms with Gasteiger partial charge in [-0.3, -0.25) is 4.99 Å². The zero-order chi connectivity index (χ0) is 15.1. The molecule has 1 rings (SSSR count). The van der Waals surface area contributed by atoms with Gasteiger partial charge in [-0.25, -0.2) is 0 Å². The molecule has 1 heteroatoms. The van der Waals surface area contributed by atoms with Gasteiger partial charge in [0.2, 0.25) is 0 Å². The molecule has 20 heavy (non-hydrogen) atoms. The molecule has 0 aliphatic rings. The van der Waals surface area contributed by atoms with Gasteiger partial charge in [0, 0.05) is 5.71 Å². The van der Waals surface area contributed by atoms with E-state index in [9.17, 15) is 0 Å². The average molecular weight is 269 g/mol. The second-order valence-corrected chi connectivity index (χ2v) is 5.39. The molecule has 0 aliphatic carbocycles. The monoisotopic (exact) mass is 269 g/mol. The molecule has 0 amide bonds. The van der Waals surface area contributed by atoms with Gasteiger partial charge in [-0.05, 0) is 61.9 Å². The lowest BCUT2D eigenvalue weighted by atomic mass is 10.00. The van der Waals surface area contributed by atoms with E-state index in [2.05, 4.69) is 58.5 Å². The maximum absolute atomic E-state index is 4.80. The second kappa shape index (κ2) is 7.84. The van der Waals surface area contributed by atoms with Gasteiger partial charge >= 0.3 is 0 Å². The Hall–Kier alpha value is -1.63. The fourth-order valence-corrected chi connectivity index (χ4v) is 2.30. The molecule has 0 spiro atoms. The maximum atomic E-state index is 4.80. The standard InChI is InChI=1S/C19H27N/c1-7-10-14(4)16(6)20-19-12-11-18(13-15(19)5)17(8-2)9-3/h8-9,11-14H,2,7,10H2,1,3-6H3/b17-9+,20-16+. The summed E-state index contributed by atoms with van der Waals surface area (Å²) in [5.74, 6) is 0.554. The maximum Gasteiger partial charge on any atom is 0.0658 e. The molecule has 0 fully saturated rings. The second-order valence-electron chi connectivity index (χ2n) is 5.39. The summed E-state index contributed by atoms with van der Waals surface area (Å²) in [5, 5.41) is 0. The van der Waals surface area contributed by atoms with E-state index in [4.69, 9.17) is 4.99 Å². The summed E-state index contributed by atoms with van der Waals surface area (Å²) in [7, 11) is 0. The summed E-state index contributed by atoms with van der Waals surface area (Å²) in [6.45, 7) is 14.6. The molecule has 0 aromatic heterocycles. The summed E-state index contributed by atoms with van der Waals surface area (Å²) in [6, 6.07) is 6.42.